The topological polar surface area (TPSA) is 61.4 Å². The van der Waals surface area contributed by atoms with Crippen LogP contribution in [0.2, 0.25) is 0 Å². The molecule has 1 heterocycles. The number of carbonyl (C=O) groups is 1. The van der Waals surface area contributed by atoms with Gasteiger partial charge >= 0.3 is 5.97 Å². The average Bonchev–Trinajstić information content (AvgIpc) is 2.13. The van der Waals surface area contributed by atoms with Crippen molar-refractivity contribution in [3.63, 3.8) is 0 Å². The Morgan fingerprint density at radius 1 is 1.89 bits per heavy atom. The fraction of sp³-hybridized carbons (Fsp3) is 0.400. The van der Waals surface area contributed by atoms with Gasteiger partial charge in [0.2, 0.25) is 0 Å². The second kappa shape index (κ2) is 2.06. The van der Waals surface area contributed by atoms with Crippen LogP contribution in [0.3, 0.4) is 0 Å². The first-order valence-corrected chi connectivity index (χ1v) is 2.62. The monoisotopic (exact) mass is 128 g/mol. The molecule has 0 bridgehead atoms. The van der Waals surface area contributed by atoms with Crippen LogP contribution in [0.5, 0.6) is 0 Å². The Morgan fingerprint density at radius 3 is 2.78 bits per heavy atom. The van der Waals surface area contributed by atoms with Gasteiger partial charge in [-0.2, -0.15) is 0 Å². The minimum absolute atomic E-state index is 0.551. The van der Waals surface area contributed by atoms with E-state index in [9.17, 15) is 4.79 Å². The van der Waals surface area contributed by atoms with Gasteiger partial charge in [0, 0.05) is 6.20 Å². The van der Waals surface area contributed by atoms with Gasteiger partial charge in [0.05, 0.1) is 0 Å². The standard InChI is InChI=1S/C5H8N2O2/c1-3-2-6-7-4(3)5(8)9/h2,4,6-7H,1H3,(H,8,9). The van der Waals surface area contributed by atoms with E-state index in [1.54, 1.807) is 13.1 Å². The number of hydrogen-bond acceptors (Lipinski definition) is 3. The van der Waals surface area contributed by atoms with Crippen molar-refractivity contribution in [2.24, 2.45) is 0 Å². The SMILES string of the molecule is CC1=CNNC1C(=O)O. The molecule has 9 heavy (non-hydrogen) atoms. The summed E-state index contributed by atoms with van der Waals surface area (Å²) < 4.78 is 0. The molecule has 0 saturated carbocycles. The minimum atomic E-state index is -0.853. The van der Waals surface area contributed by atoms with Crippen molar-refractivity contribution >= 4 is 5.97 Å². The van der Waals surface area contributed by atoms with Crippen molar-refractivity contribution in [3.05, 3.63) is 11.8 Å². The van der Waals surface area contributed by atoms with Gasteiger partial charge in [-0.1, -0.05) is 0 Å². The van der Waals surface area contributed by atoms with E-state index in [-0.39, 0.29) is 0 Å². The molecule has 0 aromatic carbocycles. The highest BCUT2D eigenvalue weighted by Crippen LogP contribution is 2.02. The van der Waals surface area contributed by atoms with Gasteiger partial charge in [-0.05, 0) is 12.5 Å². The number of carboxylic acids is 1. The van der Waals surface area contributed by atoms with E-state index >= 15 is 0 Å². The van der Waals surface area contributed by atoms with E-state index in [0.29, 0.717) is 0 Å². The zero-order valence-electron chi connectivity index (χ0n) is 5.01. The van der Waals surface area contributed by atoms with Crippen molar-refractivity contribution in [2.75, 3.05) is 0 Å². The first kappa shape index (κ1) is 6.10. The molecular weight excluding hydrogens is 120 g/mol. The van der Waals surface area contributed by atoms with E-state index < -0.39 is 12.0 Å². The summed E-state index contributed by atoms with van der Waals surface area (Å²) >= 11 is 0. The third kappa shape index (κ3) is 1.02. The van der Waals surface area contributed by atoms with Gasteiger partial charge in [0.1, 0.15) is 6.04 Å². The average molecular weight is 128 g/mol. The molecule has 1 aliphatic rings. The Hall–Kier alpha value is -1.03. The van der Waals surface area contributed by atoms with Crippen LogP contribution < -0.4 is 10.9 Å². The van der Waals surface area contributed by atoms with Crippen LogP contribution in [0.1, 0.15) is 6.92 Å². The van der Waals surface area contributed by atoms with E-state index in [4.69, 9.17) is 5.11 Å². The van der Waals surface area contributed by atoms with Gasteiger partial charge in [0.15, 0.2) is 0 Å². The molecule has 0 spiro atoms. The summed E-state index contributed by atoms with van der Waals surface area (Å²) in [6, 6.07) is -0.551. The lowest BCUT2D eigenvalue weighted by molar-refractivity contribution is -0.138. The van der Waals surface area contributed by atoms with Gasteiger partial charge in [-0.3, -0.25) is 4.79 Å². The molecule has 0 fully saturated rings. The minimum Gasteiger partial charge on any atom is -0.480 e. The maximum Gasteiger partial charge on any atom is 0.326 e. The maximum absolute atomic E-state index is 10.3. The number of nitrogens with one attached hydrogen (secondary N) is 2. The Bertz CT molecular complexity index is 164. The molecular formula is C5H8N2O2. The molecule has 4 nitrogen and oxygen atoms in total. The van der Waals surface area contributed by atoms with Gasteiger partial charge in [-0.25, -0.2) is 5.43 Å². The summed E-state index contributed by atoms with van der Waals surface area (Å²) in [5.41, 5.74) is 5.97. The van der Waals surface area contributed by atoms with Crippen molar-refractivity contribution in [1.82, 2.24) is 10.9 Å². The fourth-order valence-electron chi connectivity index (χ4n) is 0.693. The van der Waals surface area contributed by atoms with Crippen LogP contribution in [0.4, 0.5) is 0 Å². The smallest absolute Gasteiger partial charge is 0.326 e. The molecule has 1 unspecified atom stereocenters. The number of aliphatic carboxylic acids is 1. The van der Waals surface area contributed by atoms with Crippen LogP contribution >= 0.6 is 0 Å². The van der Waals surface area contributed by atoms with Crippen molar-refractivity contribution in [3.8, 4) is 0 Å². The van der Waals surface area contributed by atoms with E-state index in [0.717, 1.165) is 5.57 Å². The molecule has 0 aromatic rings. The molecule has 0 saturated heterocycles. The predicted molar refractivity (Wildman–Crippen MR) is 31.5 cm³/mol. The lowest BCUT2D eigenvalue weighted by atomic mass is 10.2. The molecule has 4 heteroatoms. The highest BCUT2D eigenvalue weighted by molar-refractivity contribution is 5.77. The number of hydrogen-bond donors (Lipinski definition) is 3. The van der Waals surface area contributed by atoms with Crippen LogP contribution in [0.25, 0.3) is 0 Å². The molecule has 0 radical (unpaired) electrons. The molecule has 1 atom stereocenters. The number of hydrazine groups is 1. The molecule has 3 N–H and O–H groups in total. The van der Waals surface area contributed by atoms with Crippen molar-refractivity contribution in [1.29, 1.82) is 0 Å². The molecule has 1 rings (SSSR count). The number of carboxylic acid groups (broad SMARTS) is 1. The normalized spacial score (nSPS) is 25.0. The summed E-state index contributed by atoms with van der Waals surface area (Å²) in [7, 11) is 0. The summed E-state index contributed by atoms with van der Waals surface area (Å²) in [6.45, 7) is 1.76. The van der Waals surface area contributed by atoms with E-state index in [2.05, 4.69) is 10.9 Å². The molecule has 1 aliphatic heterocycles. The highest BCUT2D eigenvalue weighted by Gasteiger charge is 2.21. The van der Waals surface area contributed by atoms with E-state index in [1.807, 2.05) is 0 Å². The Kier molecular flexibility index (Phi) is 1.40. The second-order valence-corrected chi connectivity index (χ2v) is 1.95. The third-order valence-corrected chi connectivity index (χ3v) is 1.23. The van der Waals surface area contributed by atoms with Crippen molar-refractivity contribution < 1.29 is 9.90 Å². The summed E-state index contributed by atoms with van der Waals surface area (Å²) in [4.78, 5) is 10.3. The van der Waals surface area contributed by atoms with Crippen LogP contribution in [0, 0.1) is 0 Å². The fourth-order valence-corrected chi connectivity index (χ4v) is 0.693. The first-order chi connectivity index (χ1) is 4.22. The van der Waals surface area contributed by atoms with Gasteiger partial charge in [-0.15, -0.1) is 0 Å². The molecule has 0 aromatic heterocycles. The molecule has 0 amide bonds. The molecule has 50 valence electrons. The van der Waals surface area contributed by atoms with Crippen molar-refractivity contribution in [2.45, 2.75) is 13.0 Å². The van der Waals surface area contributed by atoms with Gasteiger partial charge < -0.3 is 10.5 Å². The Balaban J connectivity index is 2.63. The summed E-state index contributed by atoms with van der Waals surface area (Å²) in [5, 5.41) is 8.44. The largest absolute Gasteiger partial charge is 0.480 e. The Labute approximate surface area is 52.5 Å². The number of rotatable bonds is 1. The molecule has 0 aliphatic carbocycles. The van der Waals surface area contributed by atoms with Crippen LogP contribution in [-0.4, -0.2) is 17.1 Å². The predicted octanol–water partition coefficient (Wildman–Crippen LogP) is -0.549. The van der Waals surface area contributed by atoms with Gasteiger partial charge in [0.25, 0.3) is 0 Å². The quantitative estimate of drug-likeness (QED) is 0.443. The maximum atomic E-state index is 10.3. The zero-order chi connectivity index (χ0) is 6.85. The third-order valence-electron chi connectivity index (χ3n) is 1.23. The Morgan fingerprint density at radius 2 is 2.56 bits per heavy atom. The summed E-state index contributed by atoms with van der Waals surface area (Å²) in [6.07, 6.45) is 1.64. The lowest BCUT2D eigenvalue weighted by Crippen LogP contribution is -2.37. The summed E-state index contributed by atoms with van der Waals surface area (Å²) in [5.74, 6) is -0.853. The first-order valence-electron chi connectivity index (χ1n) is 2.62. The van der Waals surface area contributed by atoms with Crippen LogP contribution in [-0.2, 0) is 4.79 Å². The lowest BCUT2D eigenvalue weighted by Gasteiger charge is -2.03. The van der Waals surface area contributed by atoms with E-state index in [1.165, 1.54) is 0 Å². The zero-order valence-corrected chi connectivity index (χ0v) is 5.01. The van der Waals surface area contributed by atoms with Crippen LogP contribution in [0.15, 0.2) is 11.8 Å². The highest BCUT2D eigenvalue weighted by atomic mass is 16.4. The second-order valence-electron chi connectivity index (χ2n) is 1.95.